The number of pyridine rings is 1. The number of hydrogen-bond donors (Lipinski definition) is 2. The minimum absolute atomic E-state index is 0.00224. The van der Waals surface area contributed by atoms with Crippen LogP contribution < -0.4 is 10.7 Å². The van der Waals surface area contributed by atoms with Gasteiger partial charge in [-0.15, -0.1) is 22.0 Å². The molecule has 136 valence electrons. The molecule has 3 rings (SSSR count). The first-order chi connectivity index (χ1) is 12.4. The van der Waals surface area contributed by atoms with E-state index < -0.39 is 0 Å². The number of benzene rings is 1. The van der Waals surface area contributed by atoms with Gasteiger partial charge in [0.1, 0.15) is 5.01 Å². The highest BCUT2D eigenvalue weighted by Crippen LogP contribution is 2.22. The normalized spacial score (nSPS) is 11.2. The number of fused-ring (bicyclic) bond motifs is 1. The topological polar surface area (TPSA) is 87.7 Å². The molecule has 26 heavy (non-hydrogen) atoms. The molecule has 3 aromatic rings. The summed E-state index contributed by atoms with van der Waals surface area (Å²) in [6.07, 6.45) is 0. The first-order valence-corrected chi connectivity index (χ1v) is 10.2. The van der Waals surface area contributed by atoms with Gasteiger partial charge >= 0.3 is 0 Å². The molecular weight excluding hydrogens is 368 g/mol. The minimum Gasteiger partial charge on any atom is -0.357 e. The molecule has 2 N–H and O–H groups in total. The number of hydrogen-bond acceptors (Lipinski definition) is 6. The van der Waals surface area contributed by atoms with Crippen molar-refractivity contribution in [3.8, 4) is 0 Å². The Hall–Kier alpha value is -2.19. The van der Waals surface area contributed by atoms with E-state index in [0.717, 1.165) is 21.8 Å². The van der Waals surface area contributed by atoms with Crippen LogP contribution in [0.15, 0.2) is 29.1 Å². The number of aryl methyl sites for hydroxylation is 1. The number of thioether (sulfide) groups is 1. The van der Waals surface area contributed by atoms with Crippen LogP contribution in [0.5, 0.6) is 0 Å². The van der Waals surface area contributed by atoms with Crippen LogP contribution in [-0.4, -0.2) is 26.8 Å². The van der Waals surface area contributed by atoms with Crippen molar-refractivity contribution in [3.63, 3.8) is 0 Å². The summed E-state index contributed by atoms with van der Waals surface area (Å²) in [6.45, 7) is 6.03. The quantitative estimate of drug-likeness (QED) is 0.672. The minimum atomic E-state index is -0.125. The van der Waals surface area contributed by atoms with E-state index in [1.54, 1.807) is 6.07 Å². The molecule has 1 aromatic carbocycles. The number of rotatable bonds is 6. The molecule has 2 heterocycles. The smallest absolute Gasteiger partial charge is 0.236 e. The number of aromatic amines is 1. The molecule has 0 aliphatic heterocycles. The molecule has 0 unspecified atom stereocenters. The van der Waals surface area contributed by atoms with Gasteiger partial charge < -0.3 is 4.98 Å². The molecule has 0 saturated carbocycles. The van der Waals surface area contributed by atoms with Gasteiger partial charge in [-0.3, -0.25) is 14.9 Å². The second-order valence-electron chi connectivity index (χ2n) is 6.35. The van der Waals surface area contributed by atoms with Crippen LogP contribution >= 0.6 is 23.1 Å². The third kappa shape index (κ3) is 4.50. The van der Waals surface area contributed by atoms with E-state index >= 15 is 0 Å². The maximum Gasteiger partial charge on any atom is 0.236 e. The van der Waals surface area contributed by atoms with Gasteiger partial charge in [0.2, 0.25) is 11.0 Å². The first-order valence-electron chi connectivity index (χ1n) is 8.26. The molecule has 0 aliphatic rings. The Kier molecular flexibility index (Phi) is 5.73. The zero-order chi connectivity index (χ0) is 18.7. The third-order valence-corrected chi connectivity index (χ3v) is 5.83. The molecule has 8 heteroatoms. The SMILES string of the molecule is Cc1ccc2[nH]c(CSCC(=O)Nc3nnc(C(C)C)s3)cc(=O)c2c1. The third-order valence-electron chi connectivity index (χ3n) is 3.71. The van der Waals surface area contributed by atoms with Crippen molar-refractivity contribution in [2.24, 2.45) is 0 Å². The van der Waals surface area contributed by atoms with Gasteiger partial charge in [0.15, 0.2) is 5.43 Å². The fourth-order valence-corrected chi connectivity index (χ4v) is 3.92. The molecule has 6 nitrogen and oxygen atoms in total. The van der Waals surface area contributed by atoms with Gasteiger partial charge in [-0.05, 0) is 19.1 Å². The van der Waals surface area contributed by atoms with Crippen molar-refractivity contribution < 1.29 is 4.79 Å². The van der Waals surface area contributed by atoms with Crippen LogP contribution in [0.2, 0.25) is 0 Å². The summed E-state index contributed by atoms with van der Waals surface area (Å²) >= 11 is 2.83. The highest BCUT2D eigenvalue weighted by Gasteiger charge is 2.11. The van der Waals surface area contributed by atoms with Crippen molar-refractivity contribution in [1.29, 1.82) is 0 Å². The van der Waals surface area contributed by atoms with Gasteiger partial charge in [0, 0.05) is 34.3 Å². The summed E-state index contributed by atoms with van der Waals surface area (Å²) < 4.78 is 0. The van der Waals surface area contributed by atoms with Gasteiger partial charge in [0.05, 0.1) is 5.75 Å². The number of nitrogens with one attached hydrogen (secondary N) is 2. The summed E-state index contributed by atoms with van der Waals surface area (Å²) in [5.41, 5.74) is 2.68. The van der Waals surface area contributed by atoms with E-state index in [4.69, 9.17) is 0 Å². The van der Waals surface area contributed by atoms with Gasteiger partial charge in [0.25, 0.3) is 0 Å². The van der Waals surface area contributed by atoms with Crippen LogP contribution in [0, 0.1) is 6.92 Å². The number of anilines is 1. The molecular formula is C18H20N4O2S2. The summed E-state index contributed by atoms with van der Waals surface area (Å²) in [5.74, 6) is 1.01. The molecule has 0 atom stereocenters. The van der Waals surface area contributed by atoms with E-state index in [1.807, 2.05) is 39.0 Å². The van der Waals surface area contributed by atoms with Crippen molar-refractivity contribution in [3.05, 3.63) is 50.8 Å². The average molecular weight is 389 g/mol. The monoisotopic (exact) mass is 388 g/mol. The maximum absolute atomic E-state index is 12.2. The molecule has 0 fully saturated rings. The lowest BCUT2D eigenvalue weighted by atomic mass is 10.1. The maximum atomic E-state index is 12.2. The number of amides is 1. The fourth-order valence-electron chi connectivity index (χ4n) is 2.42. The van der Waals surface area contributed by atoms with Crippen molar-refractivity contribution in [2.45, 2.75) is 32.4 Å². The fraction of sp³-hybridized carbons (Fsp3) is 0.333. The molecule has 0 radical (unpaired) electrons. The van der Waals surface area contributed by atoms with Crippen LogP contribution in [-0.2, 0) is 10.5 Å². The standard InChI is InChI=1S/C18H20N4O2S2/c1-10(2)17-21-22-18(26-17)20-16(24)9-25-8-12-7-15(23)13-6-11(3)4-5-14(13)19-12/h4-7,10H,8-9H2,1-3H3,(H,19,23)(H,20,22,24). The van der Waals surface area contributed by atoms with Crippen molar-refractivity contribution in [2.75, 3.05) is 11.1 Å². The molecule has 0 aliphatic carbocycles. The second-order valence-corrected chi connectivity index (χ2v) is 8.34. The zero-order valence-corrected chi connectivity index (χ0v) is 16.5. The highest BCUT2D eigenvalue weighted by atomic mass is 32.2. The second kappa shape index (κ2) is 8.01. The number of nitrogens with zero attached hydrogens (tertiary/aromatic N) is 2. The summed E-state index contributed by atoms with van der Waals surface area (Å²) in [4.78, 5) is 27.5. The Labute approximate surface area is 159 Å². The lowest BCUT2D eigenvalue weighted by molar-refractivity contribution is -0.113. The van der Waals surface area contributed by atoms with E-state index in [1.165, 1.54) is 23.1 Å². The lowest BCUT2D eigenvalue weighted by Crippen LogP contribution is -2.14. The van der Waals surface area contributed by atoms with E-state index in [9.17, 15) is 9.59 Å². The van der Waals surface area contributed by atoms with Crippen LogP contribution in [0.3, 0.4) is 0 Å². The van der Waals surface area contributed by atoms with Gasteiger partial charge in [-0.1, -0.05) is 36.8 Å². The van der Waals surface area contributed by atoms with E-state index in [2.05, 4.69) is 20.5 Å². The Balaban J connectivity index is 1.57. The van der Waals surface area contributed by atoms with Crippen LogP contribution in [0.4, 0.5) is 5.13 Å². The van der Waals surface area contributed by atoms with Crippen LogP contribution in [0.1, 0.15) is 36.0 Å². The van der Waals surface area contributed by atoms with E-state index in [-0.39, 0.29) is 17.1 Å². The molecule has 0 spiro atoms. The largest absolute Gasteiger partial charge is 0.357 e. The van der Waals surface area contributed by atoms with E-state index in [0.29, 0.717) is 22.2 Å². The number of carbonyl (C=O) groups is 1. The first kappa shape index (κ1) is 18.6. The number of carbonyl (C=O) groups excluding carboxylic acids is 1. The zero-order valence-electron chi connectivity index (χ0n) is 14.8. The number of aromatic nitrogens is 3. The average Bonchev–Trinajstić information content (AvgIpc) is 3.04. The van der Waals surface area contributed by atoms with Gasteiger partial charge in [-0.2, -0.15) is 0 Å². The summed E-state index contributed by atoms with van der Waals surface area (Å²) in [7, 11) is 0. The predicted octanol–water partition coefficient (Wildman–Crippen LogP) is 3.68. The molecule has 0 bridgehead atoms. The Bertz CT molecular complexity index is 994. The molecule has 2 aromatic heterocycles. The Morgan fingerprint density at radius 2 is 2.12 bits per heavy atom. The van der Waals surface area contributed by atoms with Gasteiger partial charge in [-0.25, -0.2) is 0 Å². The summed E-state index contributed by atoms with van der Waals surface area (Å²) in [6, 6.07) is 7.36. The number of H-pyrrole nitrogens is 1. The van der Waals surface area contributed by atoms with Crippen molar-refractivity contribution in [1.82, 2.24) is 15.2 Å². The molecule has 0 saturated heterocycles. The lowest BCUT2D eigenvalue weighted by Gasteiger charge is -2.05. The predicted molar refractivity (Wildman–Crippen MR) is 108 cm³/mol. The Morgan fingerprint density at radius 3 is 2.85 bits per heavy atom. The Morgan fingerprint density at radius 1 is 1.31 bits per heavy atom. The summed E-state index contributed by atoms with van der Waals surface area (Å²) in [5, 5.41) is 12.9. The molecule has 1 amide bonds. The highest BCUT2D eigenvalue weighted by molar-refractivity contribution is 7.99. The van der Waals surface area contributed by atoms with Crippen LogP contribution in [0.25, 0.3) is 10.9 Å². The van der Waals surface area contributed by atoms with Crippen molar-refractivity contribution >= 4 is 45.0 Å².